The van der Waals surface area contributed by atoms with Crippen molar-refractivity contribution in [3.05, 3.63) is 80.1 Å². The van der Waals surface area contributed by atoms with Gasteiger partial charge in [0.25, 0.3) is 5.56 Å². The number of benzene rings is 2. The van der Waals surface area contributed by atoms with E-state index in [0.29, 0.717) is 27.9 Å². The molecule has 0 unspecified atom stereocenters. The Kier molecular flexibility index (Phi) is 6.77. The van der Waals surface area contributed by atoms with E-state index in [9.17, 15) is 24.3 Å². The second-order valence-corrected chi connectivity index (χ2v) is 10.1. The van der Waals surface area contributed by atoms with Crippen LogP contribution in [0.2, 0.25) is 5.02 Å². The first kappa shape index (κ1) is 25.2. The van der Waals surface area contributed by atoms with Crippen LogP contribution in [0.3, 0.4) is 0 Å². The molecule has 0 radical (unpaired) electrons. The van der Waals surface area contributed by atoms with Gasteiger partial charge in [0, 0.05) is 23.4 Å². The molecule has 0 saturated carbocycles. The van der Waals surface area contributed by atoms with Crippen LogP contribution in [0, 0.1) is 0 Å². The predicted octanol–water partition coefficient (Wildman–Crippen LogP) is 3.86. The lowest BCUT2D eigenvalue weighted by Crippen LogP contribution is -2.53. The average molecular weight is 512 g/mol. The Morgan fingerprint density at radius 3 is 2.53 bits per heavy atom. The molecular weight excluding hydrogens is 486 g/mol. The fourth-order valence-corrected chi connectivity index (χ4v) is 4.47. The molecule has 0 spiro atoms. The van der Waals surface area contributed by atoms with Crippen molar-refractivity contribution in [3.8, 4) is 0 Å². The van der Waals surface area contributed by atoms with E-state index < -0.39 is 40.7 Å². The minimum Gasteiger partial charge on any atom is -0.477 e. The minimum absolute atomic E-state index is 0.00143. The maximum Gasteiger partial charge on any atom is 0.411 e. The summed E-state index contributed by atoms with van der Waals surface area (Å²) in [6.45, 7) is 5.52. The van der Waals surface area contributed by atoms with Crippen molar-refractivity contribution in [1.82, 2.24) is 15.2 Å². The number of pyridine rings is 1. The molecule has 1 atom stereocenters. The first-order chi connectivity index (χ1) is 16.9. The van der Waals surface area contributed by atoms with Crippen molar-refractivity contribution in [2.75, 3.05) is 0 Å². The number of fused-ring (bicyclic) bond motifs is 2. The number of amides is 2. The van der Waals surface area contributed by atoms with Gasteiger partial charge in [-0.3, -0.25) is 14.5 Å². The number of nitrogens with zero attached hydrogens (tertiary/aromatic N) is 1. The molecule has 0 bridgehead atoms. The maximum atomic E-state index is 13.3. The van der Waals surface area contributed by atoms with Gasteiger partial charge in [0.15, 0.2) is 0 Å². The number of carbonyl (C=O) groups excluding carboxylic acids is 2. The first-order valence-electron chi connectivity index (χ1n) is 11.4. The van der Waals surface area contributed by atoms with Gasteiger partial charge >= 0.3 is 12.1 Å². The number of aromatic nitrogens is 1. The highest BCUT2D eigenvalue weighted by Crippen LogP contribution is 2.26. The molecule has 0 aliphatic carbocycles. The summed E-state index contributed by atoms with van der Waals surface area (Å²) in [5, 5.41) is 12.8. The van der Waals surface area contributed by atoms with Crippen LogP contribution in [0.1, 0.15) is 47.8 Å². The van der Waals surface area contributed by atoms with E-state index in [-0.39, 0.29) is 13.1 Å². The number of aromatic carboxylic acids is 1. The summed E-state index contributed by atoms with van der Waals surface area (Å²) >= 11 is 6.22. The molecule has 1 aromatic heterocycles. The van der Waals surface area contributed by atoms with Gasteiger partial charge in [-0.25, -0.2) is 9.59 Å². The lowest BCUT2D eigenvalue weighted by Gasteiger charge is -2.36. The van der Waals surface area contributed by atoms with Crippen molar-refractivity contribution in [3.63, 3.8) is 0 Å². The monoisotopic (exact) mass is 511 g/mol. The number of halogens is 1. The third kappa shape index (κ3) is 5.36. The Morgan fingerprint density at radius 1 is 1.17 bits per heavy atom. The van der Waals surface area contributed by atoms with Gasteiger partial charge in [0.05, 0.1) is 12.1 Å². The second kappa shape index (κ2) is 9.66. The summed E-state index contributed by atoms with van der Waals surface area (Å²) in [5.41, 5.74) is 0.887. The highest BCUT2D eigenvalue weighted by atomic mass is 35.5. The molecular formula is C26H26ClN3O6. The van der Waals surface area contributed by atoms with Gasteiger partial charge in [-0.15, -0.1) is 0 Å². The molecule has 3 aromatic rings. The number of carboxylic acids is 1. The Labute approximate surface area is 212 Å². The molecule has 4 rings (SSSR count). The van der Waals surface area contributed by atoms with Crippen molar-refractivity contribution < 1.29 is 24.2 Å². The Bertz CT molecular complexity index is 1430. The van der Waals surface area contributed by atoms with E-state index in [2.05, 4.69) is 10.3 Å². The lowest BCUT2D eigenvalue weighted by atomic mass is 9.93. The molecule has 1 aliphatic rings. The molecule has 9 nitrogen and oxygen atoms in total. The first-order valence-corrected chi connectivity index (χ1v) is 11.7. The quantitative estimate of drug-likeness (QED) is 0.488. The smallest absolute Gasteiger partial charge is 0.411 e. The summed E-state index contributed by atoms with van der Waals surface area (Å²) in [6.07, 6.45) is -0.271. The molecule has 36 heavy (non-hydrogen) atoms. The molecule has 0 saturated heterocycles. The highest BCUT2D eigenvalue weighted by molar-refractivity contribution is 6.31. The molecule has 0 fully saturated rings. The Balaban J connectivity index is 1.61. The van der Waals surface area contributed by atoms with E-state index >= 15 is 0 Å². The van der Waals surface area contributed by atoms with Gasteiger partial charge in [-0.05, 0) is 55.7 Å². The minimum atomic E-state index is -1.35. The van der Waals surface area contributed by atoms with Crippen LogP contribution in [0.5, 0.6) is 0 Å². The van der Waals surface area contributed by atoms with Gasteiger partial charge in [-0.1, -0.05) is 35.9 Å². The van der Waals surface area contributed by atoms with Gasteiger partial charge < -0.3 is 20.1 Å². The third-order valence-electron chi connectivity index (χ3n) is 5.86. The number of aromatic amines is 1. The second-order valence-electron chi connectivity index (χ2n) is 9.66. The van der Waals surface area contributed by atoms with E-state index in [4.69, 9.17) is 16.3 Å². The Morgan fingerprint density at radius 2 is 1.86 bits per heavy atom. The van der Waals surface area contributed by atoms with Crippen LogP contribution in [0.25, 0.3) is 10.9 Å². The molecule has 2 heterocycles. The number of carboxylic acid groups (broad SMARTS) is 1. The van der Waals surface area contributed by atoms with Crippen molar-refractivity contribution in [2.45, 2.75) is 51.9 Å². The third-order valence-corrected chi connectivity index (χ3v) is 6.08. The number of hydrogen-bond donors (Lipinski definition) is 3. The van der Waals surface area contributed by atoms with Gasteiger partial charge in [0.2, 0.25) is 5.91 Å². The summed E-state index contributed by atoms with van der Waals surface area (Å²) < 4.78 is 5.55. The normalized spacial score (nSPS) is 15.3. The van der Waals surface area contributed by atoms with Crippen LogP contribution < -0.4 is 10.9 Å². The lowest BCUT2D eigenvalue weighted by molar-refractivity contribution is -0.127. The molecule has 1 aliphatic heterocycles. The molecule has 10 heteroatoms. The fourth-order valence-electron chi connectivity index (χ4n) is 4.22. The number of carbonyl (C=O) groups is 3. The van der Waals surface area contributed by atoms with Crippen LogP contribution >= 0.6 is 11.6 Å². The van der Waals surface area contributed by atoms with Crippen LogP contribution in [-0.2, 0) is 29.0 Å². The summed E-state index contributed by atoms with van der Waals surface area (Å²) in [5.74, 6) is -1.75. The average Bonchev–Trinajstić information content (AvgIpc) is 2.80. The number of hydrogen-bond acceptors (Lipinski definition) is 5. The van der Waals surface area contributed by atoms with Crippen LogP contribution in [0.15, 0.2) is 47.3 Å². The zero-order chi connectivity index (χ0) is 26.2. The standard InChI is InChI=1S/C26H26ClN3O6/c1-26(2,3)36-25(35)30-13-15-7-5-4-6-14(15)11-20(30)23(32)28-12-17-9-18(27)8-16-10-19(24(33)34)22(31)29-21(16)17/h4-10,20H,11-13H2,1-3H3,(H,28,32)(H,29,31)(H,33,34)/t20-/m1/s1. The predicted molar refractivity (Wildman–Crippen MR) is 134 cm³/mol. The van der Waals surface area contributed by atoms with Crippen molar-refractivity contribution >= 4 is 40.5 Å². The van der Waals surface area contributed by atoms with E-state index in [0.717, 1.165) is 11.1 Å². The number of nitrogens with one attached hydrogen (secondary N) is 2. The number of rotatable bonds is 4. The number of H-pyrrole nitrogens is 1. The SMILES string of the molecule is CC(C)(C)OC(=O)N1Cc2ccccc2C[C@@H]1C(=O)NCc1cc(Cl)cc2cc(C(=O)O)c(=O)[nH]c12. The van der Waals surface area contributed by atoms with E-state index in [1.807, 2.05) is 24.3 Å². The Hall–Kier alpha value is -3.85. The van der Waals surface area contributed by atoms with Crippen LogP contribution in [0.4, 0.5) is 4.79 Å². The molecule has 2 aromatic carbocycles. The number of ether oxygens (including phenoxy) is 1. The van der Waals surface area contributed by atoms with E-state index in [1.54, 1.807) is 26.8 Å². The molecule has 3 N–H and O–H groups in total. The van der Waals surface area contributed by atoms with Gasteiger partial charge in [-0.2, -0.15) is 0 Å². The van der Waals surface area contributed by atoms with Crippen LogP contribution in [-0.4, -0.2) is 44.6 Å². The van der Waals surface area contributed by atoms with Crippen molar-refractivity contribution in [1.29, 1.82) is 0 Å². The zero-order valence-corrected chi connectivity index (χ0v) is 20.8. The van der Waals surface area contributed by atoms with E-state index in [1.165, 1.54) is 17.0 Å². The zero-order valence-electron chi connectivity index (χ0n) is 20.1. The summed E-state index contributed by atoms with van der Waals surface area (Å²) in [4.78, 5) is 53.9. The summed E-state index contributed by atoms with van der Waals surface area (Å²) in [6, 6.07) is 11.2. The topological polar surface area (TPSA) is 129 Å². The fraction of sp³-hybridized carbons (Fsp3) is 0.308. The highest BCUT2D eigenvalue weighted by Gasteiger charge is 2.36. The van der Waals surface area contributed by atoms with Crippen molar-refractivity contribution in [2.24, 2.45) is 0 Å². The largest absolute Gasteiger partial charge is 0.477 e. The summed E-state index contributed by atoms with van der Waals surface area (Å²) in [7, 11) is 0. The molecule has 188 valence electrons. The molecule has 2 amide bonds. The maximum absolute atomic E-state index is 13.3. The van der Waals surface area contributed by atoms with Gasteiger partial charge in [0.1, 0.15) is 17.2 Å².